The molecule has 0 N–H and O–H groups in total. The third-order valence-electron chi connectivity index (χ3n) is 9.08. The highest BCUT2D eigenvalue weighted by molar-refractivity contribution is 5.75. The molecular weight excluding hydrogens is 336 g/mol. The van der Waals surface area contributed by atoms with Gasteiger partial charge in [0, 0.05) is 0 Å². The molecule has 8 bridgehead atoms. The molecule has 0 aliphatic heterocycles. The van der Waals surface area contributed by atoms with Crippen LogP contribution < -0.4 is 0 Å². The van der Waals surface area contributed by atoms with Gasteiger partial charge in [0.1, 0.15) is 0 Å². The Bertz CT molecular complexity index is 558. The molecule has 0 aromatic heterocycles. The maximum atomic E-state index is 12.5. The molecule has 0 amide bonds. The molecule has 7 aliphatic carbocycles. The topological polar surface area (TPSA) is 35.5 Å². The smallest absolute Gasteiger partial charge is 0.313 e. The maximum absolute atomic E-state index is 12.5. The average Bonchev–Trinajstić information content (AvgIpc) is 2.58. The molecule has 3 nitrogen and oxygen atoms in total. The minimum absolute atomic E-state index is 0. The first-order valence-electron chi connectivity index (χ1n) is 10.7. The highest BCUT2D eigenvalue weighted by Gasteiger charge is 2.71. The molecule has 0 radical (unpaired) electrons. The molecule has 5 atom stereocenters. The fourth-order valence-corrected chi connectivity index (χ4v) is 7.88. The molecule has 0 aromatic rings. The van der Waals surface area contributed by atoms with Gasteiger partial charge in [-0.3, -0.25) is 4.79 Å². The third kappa shape index (κ3) is 2.81. The van der Waals surface area contributed by atoms with Crippen LogP contribution in [0.25, 0.3) is 0 Å². The van der Waals surface area contributed by atoms with E-state index in [2.05, 4.69) is 0 Å². The van der Waals surface area contributed by atoms with Gasteiger partial charge in [0.05, 0.1) is 11.0 Å². The van der Waals surface area contributed by atoms with Crippen LogP contribution in [0.15, 0.2) is 0 Å². The van der Waals surface area contributed by atoms with E-state index in [1.807, 2.05) is 27.7 Å². The zero-order chi connectivity index (χ0) is 17.6. The lowest BCUT2D eigenvalue weighted by molar-refractivity contribution is -0.338. The fraction of sp³-hybridized carbons (Fsp3) is 0.958. The number of carbonyl (C=O) groups is 1. The molecule has 27 heavy (non-hydrogen) atoms. The summed E-state index contributed by atoms with van der Waals surface area (Å²) in [5, 5.41) is 0. The SMILES string of the molecule is C.C.CCC(C)(C)C(=O)OC(C)OC12CC3CC4C5CC(CC41)CC2C5C3. The van der Waals surface area contributed by atoms with Crippen molar-refractivity contribution in [3.8, 4) is 0 Å². The van der Waals surface area contributed by atoms with Crippen LogP contribution in [0.3, 0.4) is 0 Å². The van der Waals surface area contributed by atoms with Gasteiger partial charge in [-0.05, 0) is 107 Å². The highest BCUT2D eigenvalue weighted by Crippen LogP contribution is 2.73. The number of hydrogen-bond acceptors (Lipinski definition) is 3. The minimum Gasteiger partial charge on any atom is -0.436 e. The van der Waals surface area contributed by atoms with E-state index in [1.54, 1.807) is 0 Å². The van der Waals surface area contributed by atoms with Gasteiger partial charge < -0.3 is 9.47 Å². The molecular formula is C24H42O3. The van der Waals surface area contributed by atoms with Gasteiger partial charge in [-0.1, -0.05) is 21.8 Å². The van der Waals surface area contributed by atoms with Gasteiger partial charge in [0.25, 0.3) is 0 Å². The number of carbonyl (C=O) groups excluding carboxylic acids is 1. The Morgan fingerprint density at radius 2 is 1.56 bits per heavy atom. The molecule has 0 saturated heterocycles. The largest absolute Gasteiger partial charge is 0.436 e. The minimum atomic E-state index is -0.420. The number of ether oxygens (including phenoxy) is 2. The zero-order valence-corrected chi connectivity index (χ0v) is 16.3. The summed E-state index contributed by atoms with van der Waals surface area (Å²) in [5.74, 6) is 5.99. The van der Waals surface area contributed by atoms with Crippen molar-refractivity contribution >= 4 is 5.97 Å². The van der Waals surface area contributed by atoms with Gasteiger partial charge in [-0.2, -0.15) is 0 Å². The second-order valence-corrected chi connectivity index (χ2v) is 10.6. The Morgan fingerprint density at radius 3 is 2.11 bits per heavy atom. The Labute approximate surface area is 167 Å². The van der Waals surface area contributed by atoms with E-state index in [-0.39, 0.29) is 26.4 Å². The summed E-state index contributed by atoms with van der Waals surface area (Å²) in [6, 6.07) is 0. The molecule has 156 valence electrons. The first-order chi connectivity index (χ1) is 11.8. The van der Waals surface area contributed by atoms with E-state index in [0.717, 1.165) is 47.8 Å². The zero-order valence-electron chi connectivity index (χ0n) is 16.3. The van der Waals surface area contributed by atoms with Crippen molar-refractivity contribution in [2.45, 2.75) is 99.4 Å². The Hall–Kier alpha value is -0.570. The third-order valence-corrected chi connectivity index (χ3v) is 9.08. The first kappa shape index (κ1) is 21.1. The lowest BCUT2D eigenvalue weighted by Crippen LogP contribution is -2.72. The van der Waals surface area contributed by atoms with Gasteiger partial charge >= 0.3 is 5.97 Å². The van der Waals surface area contributed by atoms with Crippen molar-refractivity contribution in [2.75, 3.05) is 0 Å². The van der Waals surface area contributed by atoms with Crippen LogP contribution in [0.5, 0.6) is 0 Å². The molecule has 0 aromatic carbocycles. The molecule has 7 aliphatic rings. The summed E-state index contributed by atoms with van der Waals surface area (Å²) in [5.41, 5.74) is -0.392. The number of rotatable bonds is 5. The summed E-state index contributed by atoms with van der Waals surface area (Å²) in [6.07, 6.45) is 8.77. The van der Waals surface area contributed by atoms with Crippen LogP contribution in [0, 0.1) is 46.8 Å². The molecule has 7 rings (SSSR count). The quantitative estimate of drug-likeness (QED) is 0.431. The maximum Gasteiger partial charge on any atom is 0.313 e. The monoisotopic (exact) mass is 378 g/mol. The summed E-state index contributed by atoms with van der Waals surface area (Å²) in [7, 11) is 0. The van der Waals surface area contributed by atoms with E-state index in [9.17, 15) is 4.79 Å². The summed E-state index contributed by atoms with van der Waals surface area (Å²) in [6.45, 7) is 7.94. The Morgan fingerprint density at radius 1 is 1.00 bits per heavy atom. The first-order valence-corrected chi connectivity index (χ1v) is 10.7. The van der Waals surface area contributed by atoms with Crippen LogP contribution in [-0.2, 0) is 14.3 Å². The van der Waals surface area contributed by atoms with Gasteiger partial charge in [-0.25, -0.2) is 0 Å². The summed E-state index contributed by atoms with van der Waals surface area (Å²) in [4.78, 5) is 12.5. The summed E-state index contributed by atoms with van der Waals surface area (Å²) >= 11 is 0. The molecule has 0 spiro atoms. The van der Waals surface area contributed by atoms with E-state index < -0.39 is 11.7 Å². The lowest BCUT2D eigenvalue weighted by Gasteiger charge is -2.74. The number of esters is 1. The Balaban J connectivity index is 0.00000105. The van der Waals surface area contributed by atoms with Crippen molar-refractivity contribution in [3.63, 3.8) is 0 Å². The van der Waals surface area contributed by atoms with E-state index in [4.69, 9.17) is 9.47 Å². The number of hydrogen-bond donors (Lipinski definition) is 0. The molecule has 0 heterocycles. The highest BCUT2D eigenvalue weighted by atomic mass is 16.7. The van der Waals surface area contributed by atoms with Crippen LogP contribution in [0.1, 0.15) is 87.5 Å². The van der Waals surface area contributed by atoms with Gasteiger partial charge in [0.2, 0.25) is 6.29 Å². The summed E-state index contributed by atoms with van der Waals surface area (Å²) < 4.78 is 12.5. The fourth-order valence-electron chi connectivity index (χ4n) is 7.88. The predicted molar refractivity (Wildman–Crippen MR) is 109 cm³/mol. The van der Waals surface area contributed by atoms with E-state index in [0.29, 0.717) is 0 Å². The van der Waals surface area contributed by atoms with Gasteiger partial charge in [-0.15, -0.1) is 0 Å². The van der Waals surface area contributed by atoms with Gasteiger partial charge in [0.15, 0.2) is 0 Å². The van der Waals surface area contributed by atoms with Crippen molar-refractivity contribution in [1.29, 1.82) is 0 Å². The average molecular weight is 379 g/mol. The van der Waals surface area contributed by atoms with Crippen molar-refractivity contribution in [3.05, 3.63) is 0 Å². The normalized spacial score (nSPS) is 46.6. The van der Waals surface area contributed by atoms with Crippen LogP contribution in [0.4, 0.5) is 0 Å². The molecule has 7 fully saturated rings. The lowest BCUT2D eigenvalue weighted by atomic mass is 9.34. The molecule has 5 unspecified atom stereocenters. The second-order valence-electron chi connectivity index (χ2n) is 10.6. The van der Waals surface area contributed by atoms with E-state index in [1.165, 1.54) is 38.5 Å². The van der Waals surface area contributed by atoms with Crippen LogP contribution in [-0.4, -0.2) is 17.9 Å². The van der Waals surface area contributed by atoms with Crippen molar-refractivity contribution in [1.82, 2.24) is 0 Å². The second kappa shape index (κ2) is 6.75. The molecule has 3 heteroatoms. The van der Waals surface area contributed by atoms with Crippen molar-refractivity contribution < 1.29 is 14.3 Å². The van der Waals surface area contributed by atoms with Crippen molar-refractivity contribution in [2.24, 2.45) is 46.8 Å². The van der Waals surface area contributed by atoms with E-state index >= 15 is 0 Å². The predicted octanol–water partition coefficient (Wildman–Crippen LogP) is 6.06. The van der Waals surface area contributed by atoms with Crippen LogP contribution in [0.2, 0.25) is 0 Å². The Kier molecular flexibility index (Phi) is 5.28. The standard InChI is InChI=1S/C22H34O3.2CH4/c1-5-21(3,4)20(23)24-12(2)25-22-11-14-7-16-15-6-13(9-18(16)22)10-19(22)17(15)8-14;;/h12-19H,5-11H2,1-4H3;2*1H4. The molecule has 7 saturated carbocycles. The van der Waals surface area contributed by atoms with Crippen LogP contribution >= 0.6 is 0 Å².